The molecule has 0 atom stereocenters. The number of ether oxygens (including phenoxy) is 2. The molecule has 2 aromatic carbocycles. The third-order valence-electron chi connectivity index (χ3n) is 5.40. The Morgan fingerprint density at radius 2 is 1.70 bits per heavy atom. The third-order valence-corrected chi connectivity index (χ3v) is 5.40. The van der Waals surface area contributed by atoms with Crippen LogP contribution in [0.25, 0.3) is 11.3 Å². The summed E-state index contributed by atoms with van der Waals surface area (Å²) >= 11 is 0. The highest BCUT2D eigenvalue weighted by atomic mass is 16.5. The van der Waals surface area contributed by atoms with Crippen molar-refractivity contribution in [3.05, 3.63) is 66.2 Å². The molecule has 4 rings (SSSR count). The van der Waals surface area contributed by atoms with Gasteiger partial charge in [-0.25, -0.2) is 0 Å². The molecule has 0 saturated carbocycles. The number of benzene rings is 2. The van der Waals surface area contributed by atoms with Crippen molar-refractivity contribution >= 4 is 5.91 Å². The molecule has 0 bridgehead atoms. The van der Waals surface area contributed by atoms with E-state index in [1.165, 1.54) is 0 Å². The van der Waals surface area contributed by atoms with Gasteiger partial charge in [0.05, 0.1) is 12.8 Å². The average Bonchev–Trinajstić information content (AvgIpc) is 2.80. The number of likely N-dealkylation sites (tertiary alicyclic amines) is 1. The van der Waals surface area contributed by atoms with Gasteiger partial charge in [-0.3, -0.25) is 4.79 Å². The van der Waals surface area contributed by atoms with Crippen LogP contribution >= 0.6 is 0 Å². The van der Waals surface area contributed by atoms with Crippen molar-refractivity contribution in [1.29, 1.82) is 0 Å². The molecule has 6 heteroatoms. The lowest BCUT2D eigenvalue weighted by atomic mass is 9.98. The summed E-state index contributed by atoms with van der Waals surface area (Å²) in [4.78, 5) is 14.6. The van der Waals surface area contributed by atoms with Gasteiger partial charge in [-0.05, 0) is 49.1 Å². The van der Waals surface area contributed by atoms with E-state index in [2.05, 4.69) is 17.1 Å². The van der Waals surface area contributed by atoms with Crippen LogP contribution in [0.3, 0.4) is 0 Å². The number of amides is 1. The van der Waals surface area contributed by atoms with Gasteiger partial charge in [-0.1, -0.05) is 25.1 Å². The summed E-state index contributed by atoms with van der Waals surface area (Å²) in [5.74, 6) is 2.54. The second-order valence-electron chi connectivity index (χ2n) is 7.59. The molecule has 1 fully saturated rings. The summed E-state index contributed by atoms with van der Waals surface area (Å²) in [7, 11) is 1.61. The minimum Gasteiger partial charge on any atom is -0.497 e. The first kappa shape index (κ1) is 19.9. The molecular weight excluding hydrogens is 378 g/mol. The van der Waals surface area contributed by atoms with E-state index < -0.39 is 0 Å². The van der Waals surface area contributed by atoms with Crippen LogP contribution in [-0.4, -0.2) is 41.2 Å². The molecule has 0 radical (unpaired) electrons. The number of nitrogens with zero attached hydrogens (tertiary/aromatic N) is 3. The zero-order valence-electron chi connectivity index (χ0n) is 17.2. The predicted octanol–water partition coefficient (Wildman–Crippen LogP) is 4.82. The van der Waals surface area contributed by atoms with E-state index in [9.17, 15) is 4.79 Å². The molecule has 6 nitrogen and oxygen atoms in total. The maximum atomic E-state index is 12.7. The Morgan fingerprint density at radius 3 is 2.37 bits per heavy atom. The molecule has 3 aromatic rings. The summed E-state index contributed by atoms with van der Waals surface area (Å²) in [6.07, 6.45) is 2.15. The Hall–Kier alpha value is -3.41. The van der Waals surface area contributed by atoms with E-state index in [4.69, 9.17) is 9.47 Å². The van der Waals surface area contributed by atoms with E-state index in [1.54, 1.807) is 19.2 Å². The Balaban J connectivity index is 1.42. The number of methoxy groups -OCH3 is 1. The van der Waals surface area contributed by atoms with Crippen LogP contribution in [-0.2, 0) is 0 Å². The van der Waals surface area contributed by atoms with Crippen LogP contribution in [0.2, 0.25) is 0 Å². The zero-order valence-corrected chi connectivity index (χ0v) is 17.2. The van der Waals surface area contributed by atoms with Crippen LogP contribution in [0.15, 0.2) is 60.7 Å². The normalized spacial score (nSPS) is 14.4. The molecule has 0 N–H and O–H groups in total. The lowest BCUT2D eigenvalue weighted by molar-refractivity contribution is 0.0697. The van der Waals surface area contributed by atoms with Gasteiger partial charge in [0, 0.05) is 36.3 Å². The minimum absolute atomic E-state index is 0.0987. The monoisotopic (exact) mass is 403 g/mol. The third kappa shape index (κ3) is 4.59. The Kier molecular flexibility index (Phi) is 5.93. The fraction of sp³-hybridized carbons (Fsp3) is 0.292. The Morgan fingerprint density at radius 1 is 0.967 bits per heavy atom. The fourth-order valence-corrected chi connectivity index (χ4v) is 3.49. The number of hydrogen-bond donors (Lipinski definition) is 0. The summed E-state index contributed by atoms with van der Waals surface area (Å²) in [5, 5.41) is 8.41. The highest BCUT2D eigenvalue weighted by Crippen LogP contribution is 2.25. The summed E-state index contributed by atoms with van der Waals surface area (Å²) in [5.41, 5.74) is 2.33. The molecule has 0 unspecified atom stereocenters. The maximum Gasteiger partial charge on any atom is 0.253 e. The number of carbonyl (C=O) groups excluding carboxylic acids is 1. The first-order valence-electron chi connectivity index (χ1n) is 10.2. The summed E-state index contributed by atoms with van der Waals surface area (Å²) in [6, 6.07) is 18.5. The molecule has 0 spiro atoms. The molecule has 2 heterocycles. The van der Waals surface area contributed by atoms with Gasteiger partial charge < -0.3 is 14.4 Å². The van der Waals surface area contributed by atoms with Crippen LogP contribution in [0.4, 0.5) is 0 Å². The molecule has 30 heavy (non-hydrogen) atoms. The van der Waals surface area contributed by atoms with Crippen molar-refractivity contribution in [3.8, 4) is 28.6 Å². The topological polar surface area (TPSA) is 64.6 Å². The van der Waals surface area contributed by atoms with E-state index in [1.807, 2.05) is 53.4 Å². The van der Waals surface area contributed by atoms with Gasteiger partial charge in [-0.2, -0.15) is 0 Å². The van der Waals surface area contributed by atoms with E-state index in [0.717, 1.165) is 37.2 Å². The molecule has 1 aliphatic rings. The largest absolute Gasteiger partial charge is 0.497 e. The summed E-state index contributed by atoms with van der Waals surface area (Å²) in [6.45, 7) is 3.91. The van der Waals surface area contributed by atoms with Gasteiger partial charge in [0.25, 0.3) is 5.91 Å². The molecule has 1 amide bonds. The van der Waals surface area contributed by atoms with Crippen LogP contribution < -0.4 is 9.47 Å². The molecule has 1 saturated heterocycles. The number of carbonyl (C=O) groups is 1. The van der Waals surface area contributed by atoms with Crippen molar-refractivity contribution in [3.63, 3.8) is 0 Å². The van der Waals surface area contributed by atoms with E-state index in [0.29, 0.717) is 28.9 Å². The van der Waals surface area contributed by atoms with Gasteiger partial charge in [0.2, 0.25) is 5.88 Å². The first-order chi connectivity index (χ1) is 14.6. The SMILES string of the molecule is COc1cccc(Oc2ccc(-c3ccc(C(=O)N4CCC(C)CC4)cc3)nn2)c1. The molecule has 154 valence electrons. The average molecular weight is 403 g/mol. The first-order valence-corrected chi connectivity index (χ1v) is 10.2. The second kappa shape index (κ2) is 8.95. The fourth-order valence-electron chi connectivity index (χ4n) is 3.49. The number of hydrogen-bond acceptors (Lipinski definition) is 5. The number of aromatic nitrogens is 2. The van der Waals surface area contributed by atoms with Gasteiger partial charge in [0.1, 0.15) is 11.5 Å². The van der Waals surface area contributed by atoms with Crippen LogP contribution in [0.5, 0.6) is 17.4 Å². The van der Waals surface area contributed by atoms with Crippen molar-refractivity contribution in [2.75, 3.05) is 20.2 Å². The van der Waals surface area contributed by atoms with Crippen molar-refractivity contribution in [2.45, 2.75) is 19.8 Å². The van der Waals surface area contributed by atoms with Crippen molar-refractivity contribution in [2.24, 2.45) is 5.92 Å². The van der Waals surface area contributed by atoms with Crippen LogP contribution in [0.1, 0.15) is 30.1 Å². The Labute approximate surface area is 176 Å². The molecule has 1 aromatic heterocycles. The number of rotatable bonds is 5. The highest BCUT2D eigenvalue weighted by Gasteiger charge is 2.21. The summed E-state index contributed by atoms with van der Waals surface area (Å²) < 4.78 is 10.9. The lowest BCUT2D eigenvalue weighted by Gasteiger charge is -2.30. The quantitative estimate of drug-likeness (QED) is 0.611. The van der Waals surface area contributed by atoms with E-state index in [-0.39, 0.29) is 5.91 Å². The minimum atomic E-state index is 0.0987. The number of piperidine rings is 1. The Bertz CT molecular complexity index is 995. The second-order valence-corrected chi connectivity index (χ2v) is 7.59. The smallest absolute Gasteiger partial charge is 0.253 e. The van der Waals surface area contributed by atoms with Gasteiger partial charge in [-0.15, -0.1) is 10.2 Å². The van der Waals surface area contributed by atoms with Gasteiger partial charge in [0.15, 0.2) is 0 Å². The zero-order chi connectivity index (χ0) is 20.9. The lowest BCUT2D eigenvalue weighted by Crippen LogP contribution is -2.37. The predicted molar refractivity (Wildman–Crippen MR) is 115 cm³/mol. The van der Waals surface area contributed by atoms with Crippen molar-refractivity contribution < 1.29 is 14.3 Å². The molecule has 1 aliphatic heterocycles. The maximum absolute atomic E-state index is 12.7. The van der Waals surface area contributed by atoms with E-state index >= 15 is 0 Å². The van der Waals surface area contributed by atoms with Crippen LogP contribution in [0, 0.1) is 5.92 Å². The standard InChI is InChI=1S/C24H25N3O3/c1-17-12-14-27(15-13-17)24(28)19-8-6-18(7-9-19)22-10-11-23(26-25-22)30-21-5-3-4-20(16-21)29-2/h3-11,16-17H,12-15H2,1-2H3. The highest BCUT2D eigenvalue weighted by molar-refractivity contribution is 5.94. The molecular formula is C24H25N3O3. The molecule has 0 aliphatic carbocycles. The van der Waals surface area contributed by atoms with Gasteiger partial charge >= 0.3 is 0 Å². The van der Waals surface area contributed by atoms with Crippen molar-refractivity contribution in [1.82, 2.24) is 15.1 Å².